The van der Waals surface area contributed by atoms with Gasteiger partial charge in [-0.1, -0.05) is 24.2 Å². The molecule has 29 heavy (non-hydrogen) atoms. The van der Waals surface area contributed by atoms with Gasteiger partial charge in [-0.3, -0.25) is 4.79 Å². The Labute approximate surface area is 170 Å². The van der Waals surface area contributed by atoms with Crippen LogP contribution in [0, 0.1) is 11.6 Å². The zero-order chi connectivity index (χ0) is 20.7. The maximum Gasteiger partial charge on any atom is 0.246 e. The van der Waals surface area contributed by atoms with Gasteiger partial charge >= 0.3 is 0 Å². The van der Waals surface area contributed by atoms with Crippen LogP contribution in [0.4, 0.5) is 8.78 Å². The number of imidazole rings is 1. The lowest BCUT2D eigenvalue weighted by atomic mass is 10.0. The van der Waals surface area contributed by atoms with Crippen molar-refractivity contribution in [3.63, 3.8) is 0 Å². The zero-order valence-corrected chi connectivity index (χ0v) is 16.0. The first-order valence-corrected chi connectivity index (χ1v) is 9.21. The quantitative estimate of drug-likeness (QED) is 0.646. The average molecular weight is 416 g/mol. The molecule has 0 fully saturated rings. The molecule has 1 N–H and O–H groups in total. The number of aromatic hydroxyl groups is 1. The Morgan fingerprint density at radius 3 is 2.69 bits per heavy atom. The van der Waals surface area contributed by atoms with Crippen molar-refractivity contribution in [2.45, 2.75) is 13.1 Å². The van der Waals surface area contributed by atoms with Gasteiger partial charge in [0, 0.05) is 24.2 Å². The van der Waals surface area contributed by atoms with Crippen LogP contribution in [0.1, 0.15) is 5.69 Å². The molecule has 0 aliphatic carbocycles. The summed E-state index contributed by atoms with van der Waals surface area (Å²) in [6.07, 6.45) is 2.89. The van der Waals surface area contributed by atoms with Crippen molar-refractivity contribution in [2.24, 2.45) is 0 Å². The number of benzene rings is 2. The monoisotopic (exact) mass is 415 g/mol. The number of halogens is 3. The lowest BCUT2D eigenvalue weighted by Crippen LogP contribution is -2.37. The van der Waals surface area contributed by atoms with Gasteiger partial charge in [0.2, 0.25) is 5.91 Å². The minimum Gasteiger partial charge on any atom is -0.507 e. The summed E-state index contributed by atoms with van der Waals surface area (Å²) in [5.41, 5.74) is 0.722. The highest BCUT2D eigenvalue weighted by atomic mass is 35.5. The smallest absolute Gasteiger partial charge is 0.246 e. The summed E-state index contributed by atoms with van der Waals surface area (Å²) in [5.74, 6) is -1.62. The van der Waals surface area contributed by atoms with E-state index in [1.807, 2.05) is 4.57 Å². The Kier molecular flexibility index (Phi) is 4.84. The topological polar surface area (TPSA) is 58.4 Å². The number of hydrogen-bond acceptors (Lipinski definition) is 3. The van der Waals surface area contributed by atoms with E-state index in [0.717, 1.165) is 11.8 Å². The lowest BCUT2D eigenvalue weighted by molar-refractivity contribution is -0.127. The Balaban J connectivity index is 1.75. The van der Waals surface area contributed by atoms with Crippen LogP contribution in [0.15, 0.2) is 49.2 Å². The van der Waals surface area contributed by atoms with E-state index in [0.29, 0.717) is 31.0 Å². The fourth-order valence-electron chi connectivity index (χ4n) is 3.53. The molecule has 148 valence electrons. The molecule has 0 bridgehead atoms. The molecule has 0 saturated carbocycles. The third kappa shape index (κ3) is 3.27. The first kappa shape index (κ1) is 19.1. The standard InChI is InChI=1S/C21H16ClF2N3O2/c1-2-18(29)26-6-7-27-13(11-26)10-25-21(27)12-8-14(22)19(16(24)9-12)20-15(23)4-3-5-17(20)28/h2-5,8-10,28H,1,6-7,11H2. The maximum absolute atomic E-state index is 14.9. The van der Waals surface area contributed by atoms with Gasteiger partial charge < -0.3 is 14.6 Å². The van der Waals surface area contributed by atoms with E-state index in [4.69, 9.17) is 11.6 Å². The van der Waals surface area contributed by atoms with Crippen molar-refractivity contribution in [1.29, 1.82) is 0 Å². The zero-order valence-electron chi connectivity index (χ0n) is 15.2. The number of amides is 1. The van der Waals surface area contributed by atoms with Gasteiger partial charge in [-0.2, -0.15) is 0 Å². The number of phenols is 1. The molecule has 3 aromatic rings. The van der Waals surface area contributed by atoms with Gasteiger partial charge in [0.05, 0.1) is 29.0 Å². The number of nitrogens with zero attached hydrogens (tertiary/aromatic N) is 3. The van der Waals surface area contributed by atoms with Crippen molar-refractivity contribution >= 4 is 17.5 Å². The molecule has 0 saturated heterocycles. The van der Waals surface area contributed by atoms with Gasteiger partial charge in [0.1, 0.15) is 23.2 Å². The minimum atomic E-state index is -0.774. The maximum atomic E-state index is 14.9. The number of carbonyl (C=O) groups is 1. The second-order valence-corrected chi connectivity index (χ2v) is 7.04. The van der Waals surface area contributed by atoms with Crippen LogP contribution in [0.2, 0.25) is 5.02 Å². The van der Waals surface area contributed by atoms with Crippen molar-refractivity contribution in [1.82, 2.24) is 14.5 Å². The summed E-state index contributed by atoms with van der Waals surface area (Å²) in [6, 6.07) is 6.42. The molecule has 0 atom stereocenters. The Morgan fingerprint density at radius 1 is 1.21 bits per heavy atom. The van der Waals surface area contributed by atoms with Crippen LogP contribution in [0.25, 0.3) is 22.5 Å². The largest absolute Gasteiger partial charge is 0.507 e. The summed E-state index contributed by atoms with van der Waals surface area (Å²) in [5, 5.41) is 9.93. The van der Waals surface area contributed by atoms with Crippen LogP contribution in [-0.2, 0) is 17.9 Å². The van der Waals surface area contributed by atoms with Crippen molar-refractivity contribution in [3.8, 4) is 28.3 Å². The molecule has 0 spiro atoms. The predicted octanol–water partition coefficient (Wildman–Crippen LogP) is 4.38. The van der Waals surface area contributed by atoms with E-state index in [1.165, 1.54) is 30.3 Å². The summed E-state index contributed by atoms with van der Waals surface area (Å²) < 4.78 is 31.0. The number of rotatable bonds is 3. The number of aromatic nitrogens is 2. The third-order valence-corrected chi connectivity index (χ3v) is 5.21. The molecule has 1 aliphatic rings. The first-order chi connectivity index (χ1) is 13.9. The molecule has 4 rings (SSSR count). The molecule has 0 unspecified atom stereocenters. The number of phenolic OH excluding ortho intramolecular Hbond substituents is 1. The van der Waals surface area contributed by atoms with Crippen LogP contribution < -0.4 is 0 Å². The highest BCUT2D eigenvalue weighted by Crippen LogP contribution is 2.40. The first-order valence-electron chi connectivity index (χ1n) is 8.83. The van der Waals surface area contributed by atoms with Crippen LogP contribution in [0.3, 0.4) is 0 Å². The molecule has 5 nitrogen and oxygen atoms in total. The van der Waals surface area contributed by atoms with E-state index < -0.39 is 17.4 Å². The van der Waals surface area contributed by atoms with E-state index in [1.54, 1.807) is 11.1 Å². The van der Waals surface area contributed by atoms with Crippen LogP contribution >= 0.6 is 11.6 Å². The van der Waals surface area contributed by atoms with Crippen molar-refractivity contribution in [3.05, 3.63) is 71.5 Å². The van der Waals surface area contributed by atoms with E-state index >= 15 is 0 Å². The van der Waals surface area contributed by atoms with E-state index in [2.05, 4.69) is 11.6 Å². The lowest BCUT2D eigenvalue weighted by Gasteiger charge is -2.28. The van der Waals surface area contributed by atoms with E-state index in [-0.39, 0.29) is 22.1 Å². The molecular weight excluding hydrogens is 400 g/mol. The van der Waals surface area contributed by atoms with Crippen molar-refractivity contribution < 1.29 is 18.7 Å². The fourth-order valence-corrected chi connectivity index (χ4v) is 3.83. The SMILES string of the molecule is C=CC(=O)N1CCn2c(cnc2-c2cc(F)c(-c3c(O)cccc3F)c(Cl)c2)C1. The van der Waals surface area contributed by atoms with E-state index in [9.17, 15) is 18.7 Å². The molecule has 2 aromatic carbocycles. The molecule has 0 radical (unpaired) electrons. The summed E-state index contributed by atoms with van der Waals surface area (Å²) in [6.45, 7) is 4.82. The molecule has 1 aliphatic heterocycles. The highest BCUT2D eigenvalue weighted by molar-refractivity contribution is 6.33. The second-order valence-electron chi connectivity index (χ2n) is 6.64. The normalized spacial score (nSPS) is 13.3. The van der Waals surface area contributed by atoms with Gasteiger partial charge in [0.25, 0.3) is 0 Å². The third-order valence-electron chi connectivity index (χ3n) is 4.91. The minimum absolute atomic E-state index is 0.0444. The fraction of sp³-hybridized carbons (Fsp3) is 0.143. The molecule has 2 heterocycles. The van der Waals surface area contributed by atoms with Crippen LogP contribution in [0.5, 0.6) is 5.75 Å². The molecule has 8 heteroatoms. The highest BCUT2D eigenvalue weighted by Gasteiger charge is 2.24. The Hall–Kier alpha value is -3.19. The van der Waals surface area contributed by atoms with Gasteiger partial charge in [-0.25, -0.2) is 13.8 Å². The summed E-state index contributed by atoms with van der Waals surface area (Å²) >= 11 is 6.28. The number of fused-ring (bicyclic) bond motifs is 1. The summed E-state index contributed by atoms with van der Waals surface area (Å²) in [7, 11) is 0. The Morgan fingerprint density at radius 2 is 2.00 bits per heavy atom. The number of hydrogen-bond donors (Lipinski definition) is 1. The number of carbonyl (C=O) groups excluding carboxylic acids is 1. The van der Waals surface area contributed by atoms with Gasteiger partial charge in [-0.05, 0) is 30.3 Å². The Bertz CT molecular complexity index is 1100. The van der Waals surface area contributed by atoms with Gasteiger partial charge in [-0.15, -0.1) is 0 Å². The summed E-state index contributed by atoms with van der Waals surface area (Å²) in [4.78, 5) is 17.8. The molecule has 1 amide bonds. The predicted molar refractivity (Wildman–Crippen MR) is 105 cm³/mol. The average Bonchev–Trinajstić information content (AvgIpc) is 3.12. The van der Waals surface area contributed by atoms with Crippen molar-refractivity contribution in [2.75, 3.05) is 6.54 Å². The second kappa shape index (κ2) is 7.33. The van der Waals surface area contributed by atoms with Gasteiger partial charge in [0.15, 0.2) is 0 Å². The van der Waals surface area contributed by atoms with Crippen LogP contribution in [-0.4, -0.2) is 32.0 Å². The molecular formula is C21H16ClF2N3O2. The molecule has 1 aromatic heterocycles.